The van der Waals surface area contributed by atoms with Crippen LogP contribution in [0.15, 0.2) is 46.9 Å². The molecular formula is C30H49BrN2. The van der Waals surface area contributed by atoms with Gasteiger partial charge < -0.3 is 0 Å². The van der Waals surface area contributed by atoms with Crippen LogP contribution in [0.1, 0.15) is 105 Å². The molecule has 0 saturated carbocycles. The molecule has 0 spiro atoms. The summed E-state index contributed by atoms with van der Waals surface area (Å²) in [4.78, 5) is 0. The third kappa shape index (κ3) is 12.4. The standard InChI is InChI=1S/C15H13BrN2.C9H20.C4H10.C2H6/c1-10-7-11(2)18(17-10)15-6-4-12-8-14(16)5-3-13(12)9-15;1-4-6-7-8-9(3)5-2;1-3-4-2;1-2/h3-9H,1-2H3;9H,4-8H2,1-3H3;3-4H2,1-2H3;1-2H3. The van der Waals surface area contributed by atoms with Gasteiger partial charge in [0.2, 0.25) is 0 Å². The van der Waals surface area contributed by atoms with Gasteiger partial charge in [-0.2, -0.15) is 5.10 Å². The molecule has 2 nitrogen and oxygen atoms in total. The summed E-state index contributed by atoms with van der Waals surface area (Å²) in [5.74, 6) is 0.955. The van der Waals surface area contributed by atoms with E-state index in [1.54, 1.807) is 0 Å². The number of halogens is 1. The quantitative estimate of drug-likeness (QED) is 0.285. The molecule has 33 heavy (non-hydrogen) atoms. The van der Waals surface area contributed by atoms with E-state index in [-0.39, 0.29) is 0 Å². The largest absolute Gasteiger partial charge is 0.238 e. The number of nitrogens with zero attached hydrogens (tertiary/aromatic N) is 2. The lowest BCUT2D eigenvalue weighted by Crippen LogP contribution is -1.98. The van der Waals surface area contributed by atoms with Gasteiger partial charge in [-0.1, -0.05) is 121 Å². The van der Waals surface area contributed by atoms with Crippen molar-refractivity contribution in [2.75, 3.05) is 0 Å². The highest BCUT2D eigenvalue weighted by Crippen LogP contribution is 2.23. The minimum atomic E-state index is 0.955. The summed E-state index contributed by atoms with van der Waals surface area (Å²) in [5, 5.41) is 6.97. The van der Waals surface area contributed by atoms with Crippen molar-refractivity contribution in [2.24, 2.45) is 5.92 Å². The van der Waals surface area contributed by atoms with E-state index >= 15 is 0 Å². The van der Waals surface area contributed by atoms with Gasteiger partial charge in [-0.05, 0) is 60.9 Å². The van der Waals surface area contributed by atoms with Gasteiger partial charge in [0.25, 0.3) is 0 Å². The number of hydrogen-bond donors (Lipinski definition) is 0. The van der Waals surface area contributed by atoms with Crippen LogP contribution in [-0.4, -0.2) is 9.78 Å². The van der Waals surface area contributed by atoms with Gasteiger partial charge in [0, 0.05) is 10.2 Å². The molecule has 1 atom stereocenters. The van der Waals surface area contributed by atoms with Crippen LogP contribution in [-0.2, 0) is 0 Å². The highest BCUT2D eigenvalue weighted by molar-refractivity contribution is 9.10. The molecule has 186 valence electrons. The highest BCUT2D eigenvalue weighted by atomic mass is 79.9. The molecule has 0 aliphatic carbocycles. The summed E-state index contributed by atoms with van der Waals surface area (Å²) in [7, 11) is 0. The smallest absolute Gasteiger partial charge is 0.0655 e. The van der Waals surface area contributed by atoms with Crippen molar-refractivity contribution in [3.63, 3.8) is 0 Å². The fraction of sp³-hybridized carbons (Fsp3) is 0.567. The van der Waals surface area contributed by atoms with Crippen molar-refractivity contribution in [1.29, 1.82) is 0 Å². The lowest BCUT2D eigenvalue weighted by Gasteiger charge is -2.06. The van der Waals surface area contributed by atoms with E-state index in [1.165, 1.54) is 55.7 Å². The number of aryl methyl sites for hydroxylation is 2. The van der Waals surface area contributed by atoms with Crippen molar-refractivity contribution in [1.82, 2.24) is 9.78 Å². The molecule has 1 heterocycles. The van der Waals surface area contributed by atoms with Crippen LogP contribution in [0.2, 0.25) is 0 Å². The molecule has 0 saturated heterocycles. The Labute approximate surface area is 213 Å². The summed E-state index contributed by atoms with van der Waals surface area (Å²) in [6.07, 6.45) is 9.64. The number of aromatic nitrogens is 2. The van der Waals surface area contributed by atoms with Crippen LogP contribution < -0.4 is 0 Å². The van der Waals surface area contributed by atoms with Gasteiger partial charge in [0.05, 0.1) is 11.4 Å². The SMILES string of the molecule is CC.CCCC.CCCCCC(C)CC.Cc1cc(C)n(-c2ccc3cc(Br)ccc3c2)n1. The second-order valence-electron chi connectivity index (χ2n) is 8.52. The van der Waals surface area contributed by atoms with Crippen molar-refractivity contribution in [3.8, 4) is 5.69 Å². The summed E-state index contributed by atoms with van der Waals surface area (Å²) in [6, 6.07) is 14.8. The Morgan fingerprint density at radius 3 is 1.94 bits per heavy atom. The maximum absolute atomic E-state index is 4.51. The Hall–Kier alpha value is -1.61. The Balaban J connectivity index is 0.000000577. The zero-order valence-electron chi connectivity index (χ0n) is 22.8. The van der Waals surface area contributed by atoms with E-state index in [4.69, 9.17) is 0 Å². The number of rotatable bonds is 7. The number of unbranched alkanes of at least 4 members (excludes halogenated alkanes) is 3. The monoisotopic (exact) mass is 516 g/mol. The summed E-state index contributed by atoms with van der Waals surface area (Å²) < 4.78 is 3.09. The van der Waals surface area contributed by atoms with Crippen molar-refractivity contribution in [3.05, 3.63) is 58.3 Å². The van der Waals surface area contributed by atoms with Crippen molar-refractivity contribution >= 4 is 26.7 Å². The summed E-state index contributed by atoms with van der Waals surface area (Å²) >= 11 is 3.49. The molecule has 3 heteroatoms. The second kappa shape index (κ2) is 18.8. The van der Waals surface area contributed by atoms with Gasteiger partial charge in [0.1, 0.15) is 0 Å². The fourth-order valence-electron chi connectivity index (χ4n) is 3.17. The topological polar surface area (TPSA) is 17.8 Å². The molecule has 0 aliphatic heterocycles. The third-order valence-corrected chi connectivity index (χ3v) is 6.03. The first-order valence-electron chi connectivity index (χ1n) is 13.1. The van der Waals surface area contributed by atoms with Gasteiger partial charge in [-0.3, -0.25) is 0 Å². The minimum Gasteiger partial charge on any atom is -0.238 e. The molecule has 3 aromatic rings. The average molecular weight is 518 g/mol. The lowest BCUT2D eigenvalue weighted by molar-refractivity contribution is 0.482. The Morgan fingerprint density at radius 2 is 1.42 bits per heavy atom. The summed E-state index contributed by atoms with van der Waals surface area (Å²) in [6.45, 7) is 19.3. The number of benzene rings is 2. The Morgan fingerprint density at radius 1 is 0.818 bits per heavy atom. The maximum Gasteiger partial charge on any atom is 0.0655 e. The first kappa shape index (κ1) is 31.4. The molecule has 0 N–H and O–H groups in total. The molecule has 3 rings (SSSR count). The van der Waals surface area contributed by atoms with Gasteiger partial charge in [0.15, 0.2) is 0 Å². The lowest BCUT2D eigenvalue weighted by atomic mass is 10.0. The molecule has 0 bridgehead atoms. The van der Waals surface area contributed by atoms with Crippen LogP contribution in [0.25, 0.3) is 16.5 Å². The first-order chi connectivity index (χ1) is 15.9. The van der Waals surface area contributed by atoms with Crippen LogP contribution in [0.4, 0.5) is 0 Å². The maximum atomic E-state index is 4.51. The molecule has 1 aromatic heterocycles. The van der Waals surface area contributed by atoms with Gasteiger partial charge >= 0.3 is 0 Å². The van der Waals surface area contributed by atoms with E-state index in [0.717, 1.165) is 27.5 Å². The third-order valence-electron chi connectivity index (χ3n) is 5.54. The van der Waals surface area contributed by atoms with Gasteiger partial charge in [-0.15, -0.1) is 0 Å². The molecular weight excluding hydrogens is 468 g/mol. The highest BCUT2D eigenvalue weighted by Gasteiger charge is 2.04. The second-order valence-corrected chi connectivity index (χ2v) is 9.44. The number of hydrogen-bond acceptors (Lipinski definition) is 1. The van der Waals surface area contributed by atoms with Crippen LogP contribution >= 0.6 is 15.9 Å². The summed E-state index contributed by atoms with van der Waals surface area (Å²) in [5.41, 5.74) is 3.31. The van der Waals surface area contributed by atoms with E-state index in [9.17, 15) is 0 Å². The first-order valence-corrected chi connectivity index (χ1v) is 13.9. The molecule has 1 unspecified atom stereocenters. The normalized spacial score (nSPS) is 10.8. The predicted molar refractivity (Wildman–Crippen MR) is 154 cm³/mol. The van der Waals surface area contributed by atoms with Crippen molar-refractivity contribution < 1.29 is 0 Å². The zero-order valence-corrected chi connectivity index (χ0v) is 24.4. The molecule has 0 radical (unpaired) electrons. The van der Waals surface area contributed by atoms with Crippen LogP contribution in [0.5, 0.6) is 0 Å². The Kier molecular flexibility index (Phi) is 17.9. The van der Waals surface area contributed by atoms with E-state index in [2.05, 4.69) is 105 Å². The number of fused-ring (bicyclic) bond motifs is 1. The Bertz CT molecular complexity index is 880. The van der Waals surface area contributed by atoms with Crippen LogP contribution in [0, 0.1) is 19.8 Å². The molecule has 0 fully saturated rings. The predicted octanol–water partition coefficient (Wildman–Crippen LogP) is 10.9. The van der Waals surface area contributed by atoms with E-state index in [0.29, 0.717) is 0 Å². The molecule has 2 aromatic carbocycles. The van der Waals surface area contributed by atoms with Gasteiger partial charge in [-0.25, -0.2) is 4.68 Å². The van der Waals surface area contributed by atoms with E-state index in [1.807, 2.05) is 25.5 Å². The average Bonchev–Trinajstić information content (AvgIpc) is 3.18. The fourth-order valence-corrected chi connectivity index (χ4v) is 3.55. The molecule has 0 amide bonds. The zero-order chi connectivity index (χ0) is 25.2. The van der Waals surface area contributed by atoms with Crippen LogP contribution in [0.3, 0.4) is 0 Å². The van der Waals surface area contributed by atoms with E-state index < -0.39 is 0 Å². The minimum absolute atomic E-state index is 0.955. The van der Waals surface area contributed by atoms with Crippen molar-refractivity contribution in [2.45, 2.75) is 107 Å². The molecule has 0 aliphatic rings.